The van der Waals surface area contributed by atoms with Gasteiger partial charge in [0.15, 0.2) is 5.79 Å². The van der Waals surface area contributed by atoms with Gasteiger partial charge in [-0.05, 0) is 39.0 Å². The number of carbonyl (C=O) groups is 1. The van der Waals surface area contributed by atoms with Gasteiger partial charge in [-0.25, -0.2) is 0 Å². The first kappa shape index (κ1) is 14.0. The van der Waals surface area contributed by atoms with Crippen molar-refractivity contribution in [2.45, 2.75) is 57.8 Å². The van der Waals surface area contributed by atoms with Gasteiger partial charge in [0, 0.05) is 18.9 Å². The van der Waals surface area contributed by atoms with E-state index in [9.17, 15) is 9.90 Å². The molecule has 2 fully saturated rings. The number of hydrogen-bond acceptors (Lipinski definition) is 4. The minimum atomic E-state index is -0.457. The van der Waals surface area contributed by atoms with Crippen LogP contribution in [-0.2, 0) is 14.3 Å². The fourth-order valence-electron chi connectivity index (χ4n) is 3.06. The van der Waals surface area contributed by atoms with Crippen molar-refractivity contribution in [3.63, 3.8) is 0 Å². The van der Waals surface area contributed by atoms with E-state index in [4.69, 9.17) is 9.47 Å². The summed E-state index contributed by atoms with van der Waals surface area (Å²) in [7, 11) is 0. The molecule has 0 amide bonds. The minimum absolute atomic E-state index is 0.0744. The van der Waals surface area contributed by atoms with E-state index in [0.29, 0.717) is 18.8 Å². The highest BCUT2D eigenvalue weighted by molar-refractivity contribution is 5.83. The highest BCUT2D eigenvalue weighted by atomic mass is 16.7. The fourth-order valence-corrected chi connectivity index (χ4v) is 3.06. The summed E-state index contributed by atoms with van der Waals surface area (Å²) in [5.74, 6) is 0.138. The SMILES string of the molecule is CC1(C)OCC(CCCC2C(=O)CCC2CO)O1. The molecule has 2 rings (SSSR count). The van der Waals surface area contributed by atoms with Crippen molar-refractivity contribution in [1.29, 1.82) is 0 Å². The zero-order chi connectivity index (χ0) is 13.2. The molecule has 4 nitrogen and oxygen atoms in total. The Morgan fingerprint density at radius 3 is 2.78 bits per heavy atom. The van der Waals surface area contributed by atoms with Crippen molar-refractivity contribution in [3.8, 4) is 0 Å². The van der Waals surface area contributed by atoms with E-state index < -0.39 is 5.79 Å². The van der Waals surface area contributed by atoms with Gasteiger partial charge in [0.2, 0.25) is 0 Å². The second kappa shape index (κ2) is 5.68. The molecule has 2 aliphatic rings. The quantitative estimate of drug-likeness (QED) is 0.816. The van der Waals surface area contributed by atoms with Gasteiger partial charge in [-0.15, -0.1) is 0 Å². The molecule has 1 N–H and O–H groups in total. The van der Waals surface area contributed by atoms with Crippen LogP contribution in [0, 0.1) is 11.8 Å². The molecule has 1 saturated heterocycles. The largest absolute Gasteiger partial charge is 0.396 e. The van der Waals surface area contributed by atoms with Crippen LogP contribution in [0.2, 0.25) is 0 Å². The molecular formula is C14H24O4. The van der Waals surface area contributed by atoms with Crippen LogP contribution in [0.4, 0.5) is 0 Å². The van der Waals surface area contributed by atoms with Crippen LogP contribution in [0.5, 0.6) is 0 Å². The van der Waals surface area contributed by atoms with Gasteiger partial charge in [-0.3, -0.25) is 4.79 Å². The second-order valence-corrected chi connectivity index (χ2v) is 5.94. The van der Waals surface area contributed by atoms with Crippen molar-refractivity contribution >= 4 is 5.78 Å². The fraction of sp³-hybridized carbons (Fsp3) is 0.929. The van der Waals surface area contributed by atoms with Crippen LogP contribution >= 0.6 is 0 Å². The molecule has 0 radical (unpaired) electrons. The third-order valence-corrected chi connectivity index (χ3v) is 4.09. The summed E-state index contributed by atoms with van der Waals surface area (Å²) >= 11 is 0. The molecule has 0 aromatic heterocycles. The number of ketones is 1. The monoisotopic (exact) mass is 256 g/mol. The predicted molar refractivity (Wildman–Crippen MR) is 67.1 cm³/mol. The van der Waals surface area contributed by atoms with Gasteiger partial charge < -0.3 is 14.6 Å². The molecule has 0 bridgehead atoms. The normalized spacial score (nSPS) is 35.3. The van der Waals surface area contributed by atoms with Gasteiger partial charge in [0.05, 0.1) is 12.7 Å². The van der Waals surface area contributed by atoms with Gasteiger partial charge >= 0.3 is 0 Å². The number of aliphatic hydroxyl groups excluding tert-OH is 1. The van der Waals surface area contributed by atoms with Crippen LogP contribution < -0.4 is 0 Å². The van der Waals surface area contributed by atoms with Crippen LogP contribution in [-0.4, -0.2) is 36.0 Å². The number of ether oxygens (including phenoxy) is 2. The Kier molecular flexibility index (Phi) is 4.41. The number of aliphatic hydroxyl groups is 1. The minimum Gasteiger partial charge on any atom is -0.396 e. The third kappa shape index (κ3) is 3.31. The molecule has 104 valence electrons. The number of Topliss-reactive ketones (excluding diaryl/α,β-unsaturated/α-hetero) is 1. The summed E-state index contributed by atoms with van der Waals surface area (Å²) in [5.41, 5.74) is 0. The number of carbonyl (C=O) groups excluding carboxylic acids is 1. The second-order valence-electron chi connectivity index (χ2n) is 5.94. The van der Waals surface area contributed by atoms with E-state index in [1.165, 1.54) is 0 Å². The van der Waals surface area contributed by atoms with Crippen LogP contribution in [0.25, 0.3) is 0 Å². The van der Waals surface area contributed by atoms with Crippen molar-refractivity contribution in [3.05, 3.63) is 0 Å². The Bertz CT molecular complexity index is 300. The molecule has 18 heavy (non-hydrogen) atoms. The topological polar surface area (TPSA) is 55.8 Å². The lowest BCUT2D eigenvalue weighted by Gasteiger charge is -2.18. The van der Waals surface area contributed by atoms with Crippen LogP contribution in [0.15, 0.2) is 0 Å². The van der Waals surface area contributed by atoms with Gasteiger partial charge in [-0.1, -0.05) is 6.42 Å². The molecule has 3 atom stereocenters. The van der Waals surface area contributed by atoms with Crippen molar-refractivity contribution < 1.29 is 19.4 Å². The third-order valence-electron chi connectivity index (χ3n) is 4.09. The summed E-state index contributed by atoms with van der Waals surface area (Å²) in [6, 6.07) is 0. The van der Waals surface area contributed by atoms with E-state index in [-0.39, 0.29) is 24.5 Å². The molecule has 1 aliphatic carbocycles. The number of rotatable bonds is 5. The smallest absolute Gasteiger partial charge is 0.163 e. The Hall–Kier alpha value is -0.450. The first-order valence-corrected chi connectivity index (χ1v) is 6.97. The van der Waals surface area contributed by atoms with Gasteiger partial charge in [0.25, 0.3) is 0 Å². The highest BCUT2D eigenvalue weighted by Gasteiger charge is 2.35. The first-order chi connectivity index (χ1) is 8.52. The molecule has 1 aliphatic heterocycles. The first-order valence-electron chi connectivity index (χ1n) is 6.97. The summed E-state index contributed by atoms with van der Waals surface area (Å²) in [6.45, 7) is 4.64. The maximum absolute atomic E-state index is 11.7. The molecule has 4 heteroatoms. The standard InChI is InChI=1S/C14H24O4/c1-14(2)17-9-11(18-14)4-3-5-12-10(8-15)6-7-13(12)16/h10-12,15H,3-9H2,1-2H3. The molecule has 0 aromatic carbocycles. The lowest BCUT2D eigenvalue weighted by Crippen LogP contribution is -2.22. The summed E-state index contributed by atoms with van der Waals surface area (Å²) in [6.07, 6.45) is 4.44. The maximum Gasteiger partial charge on any atom is 0.163 e. The summed E-state index contributed by atoms with van der Waals surface area (Å²) in [4.78, 5) is 11.7. The molecule has 0 aromatic rings. The Morgan fingerprint density at radius 1 is 1.39 bits per heavy atom. The lowest BCUT2D eigenvalue weighted by atomic mass is 9.90. The summed E-state index contributed by atoms with van der Waals surface area (Å²) < 4.78 is 11.2. The van der Waals surface area contributed by atoms with E-state index >= 15 is 0 Å². The molecule has 1 heterocycles. The van der Waals surface area contributed by atoms with E-state index in [2.05, 4.69) is 0 Å². The lowest BCUT2D eigenvalue weighted by molar-refractivity contribution is -0.139. The average molecular weight is 256 g/mol. The van der Waals surface area contributed by atoms with Crippen LogP contribution in [0.3, 0.4) is 0 Å². The van der Waals surface area contributed by atoms with Gasteiger partial charge in [0.1, 0.15) is 5.78 Å². The summed E-state index contributed by atoms with van der Waals surface area (Å²) in [5, 5.41) is 9.24. The Labute approximate surface area is 109 Å². The van der Waals surface area contributed by atoms with Crippen molar-refractivity contribution in [2.24, 2.45) is 11.8 Å². The van der Waals surface area contributed by atoms with E-state index in [1.807, 2.05) is 13.8 Å². The molecular weight excluding hydrogens is 232 g/mol. The average Bonchev–Trinajstić information content (AvgIpc) is 2.83. The zero-order valence-corrected chi connectivity index (χ0v) is 11.4. The Balaban J connectivity index is 1.70. The highest BCUT2D eigenvalue weighted by Crippen LogP contribution is 2.33. The Morgan fingerprint density at radius 2 is 2.17 bits per heavy atom. The maximum atomic E-state index is 11.7. The van der Waals surface area contributed by atoms with Crippen LogP contribution in [0.1, 0.15) is 46.0 Å². The number of hydrogen-bond donors (Lipinski definition) is 1. The molecule has 3 unspecified atom stereocenters. The van der Waals surface area contributed by atoms with Crippen molar-refractivity contribution in [2.75, 3.05) is 13.2 Å². The predicted octanol–water partition coefficient (Wildman–Crippen LogP) is 1.90. The molecule has 0 spiro atoms. The van der Waals surface area contributed by atoms with Gasteiger partial charge in [-0.2, -0.15) is 0 Å². The zero-order valence-electron chi connectivity index (χ0n) is 11.4. The van der Waals surface area contributed by atoms with Crippen molar-refractivity contribution in [1.82, 2.24) is 0 Å². The molecule has 1 saturated carbocycles. The van der Waals surface area contributed by atoms with E-state index in [0.717, 1.165) is 25.7 Å². The van der Waals surface area contributed by atoms with E-state index in [1.54, 1.807) is 0 Å².